The van der Waals surface area contributed by atoms with E-state index >= 15 is 0 Å². The van der Waals surface area contributed by atoms with E-state index in [9.17, 15) is 9.18 Å². The smallest absolute Gasteiger partial charge is 0.251 e. The van der Waals surface area contributed by atoms with Crippen LogP contribution in [-0.2, 0) is 0 Å². The first kappa shape index (κ1) is 12.8. The molecule has 1 amide bonds. The van der Waals surface area contributed by atoms with Gasteiger partial charge in [0.05, 0.1) is 0 Å². The normalized spacial score (nSPS) is 12.7. The molecular formula is C16H12FNO. The molecule has 1 aromatic rings. The standard InChI is InChI=1S/C16H12FNO/c1-2-9-18-16(19)14-7-3-5-12(10-14)13-6-4-8-15(17)11-13/h2-3,5,7-8,10-11H,1,9H2,(H,18,19). The highest BCUT2D eigenvalue weighted by molar-refractivity contribution is 5.95. The molecular weight excluding hydrogens is 241 g/mol. The molecule has 19 heavy (non-hydrogen) atoms. The fourth-order valence-corrected chi connectivity index (χ4v) is 1.65. The zero-order chi connectivity index (χ0) is 13.7. The van der Waals surface area contributed by atoms with Gasteiger partial charge in [0.1, 0.15) is 5.83 Å². The van der Waals surface area contributed by atoms with Gasteiger partial charge in [0, 0.05) is 23.8 Å². The van der Waals surface area contributed by atoms with Crippen LogP contribution >= 0.6 is 0 Å². The molecule has 1 N–H and O–H groups in total. The molecule has 2 rings (SSSR count). The number of hydrogen-bond acceptors (Lipinski definition) is 1. The van der Waals surface area contributed by atoms with Crippen molar-refractivity contribution >= 4 is 11.5 Å². The predicted molar refractivity (Wildman–Crippen MR) is 73.2 cm³/mol. The number of halogens is 1. The van der Waals surface area contributed by atoms with E-state index in [1.807, 2.05) is 0 Å². The molecule has 0 heterocycles. The third-order valence-corrected chi connectivity index (χ3v) is 2.54. The van der Waals surface area contributed by atoms with Crippen molar-refractivity contribution in [3.63, 3.8) is 0 Å². The monoisotopic (exact) mass is 253 g/mol. The molecule has 3 heteroatoms. The van der Waals surface area contributed by atoms with Crippen molar-refractivity contribution in [2.24, 2.45) is 0 Å². The Kier molecular flexibility index (Phi) is 3.94. The van der Waals surface area contributed by atoms with Gasteiger partial charge in [-0.3, -0.25) is 4.79 Å². The summed E-state index contributed by atoms with van der Waals surface area (Å²) in [5.41, 5.74) is 7.22. The van der Waals surface area contributed by atoms with E-state index in [4.69, 9.17) is 0 Å². The number of benzene rings is 1. The maximum atomic E-state index is 13.1. The van der Waals surface area contributed by atoms with Gasteiger partial charge in [-0.25, -0.2) is 4.39 Å². The topological polar surface area (TPSA) is 29.1 Å². The van der Waals surface area contributed by atoms with Gasteiger partial charge in [-0.05, 0) is 23.8 Å². The Morgan fingerprint density at radius 1 is 1.47 bits per heavy atom. The Morgan fingerprint density at radius 2 is 2.32 bits per heavy atom. The largest absolute Gasteiger partial charge is 0.349 e. The van der Waals surface area contributed by atoms with Crippen LogP contribution in [0.2, 0.25) is 0 Å². The van der Waals surface area contributed by atoms with Gasteiger partial charge in [0.25, 0.3) is 5.91 Å². The number of carbonyl (C=O) groups is 1. The molecule has 0 radical (unpaired) electrons. The maximum absolute atomic E-state index is 13.1. The molecule has 1 aliphatic rings. The van der Waals surface area contributed by atoms with Gasteiger partial charge in [-0.2, -0.15) is 0 Å². The predicted octanol–water partition coefficient (Wildman–Crippen LogP) is 3.16. The minimum Gasteiger partial charge on any atom is -0.349 e. The van der Waals surface area contributed by atoms with Crippen LogP contribution in [-0.4, -0.2) is 12.5 Å². The molecule has 0 saturated carbocycles. The lowest BCUT2D eigenvalue weighted by Crippen LogP contribution is -2.23. The van der Waals surface area contributed by atoms with Crippen LogP contribution in [0.25, 0.3) is 5.57 Å². The number of hydrogen-bond donors (Lipinski definition) is 1. The summed E-state index contributed by atoms with van der Waals surface area (Å²) in [4.78, 5) is 11.8. The number of allylic oxidation sites excluding steroid dienone is 4. The number of carbonyl (C=O) groups excluding carboxylic acids is 1. The number of nitrogens with one attached hydrogen (secondary N) is 1. The minimum atomic E-state index is -0.379. The summed E-state index contributed by atoms with van der Waals surface area (Å²) in [6.45, 7) is 3.94. The van der Waals surface area contributed by atoms with E-state index in [2.05, 4.69) is 23.4 Å². The highest BCUT2D eigenvalue weighted by Gasteiger charge is 2.07. The number of amides is 1. The maximum Gasteiger partial charge on any atom is 0.251 e. The van der Waals surface area contributed by atoms with Crippen molar-refractivity contribution in [2.75, 3.05) is 6.54 Å². The van der Waals surface area contributed by atoms with Gasteiger partial charge < -0.3 is 5.32 Å². The van der Waals surface area contributed by atoms with Crippen molar-refractivity contribution in [2.45, 2.75) is 0 Å². The molecule has 1 aliphatic carbocycles. The summed E-state index contributed by atoms with van der Waals surface area (Å²) in [7, 11) is 0. The first-order chi connectivity index (χ1) is 9.20. The Balaban J connectivity index is 2.30. The van der Waals surface area contributed by atoms with E-state index in [1.165, 1.54) is 12.2 Å². The zero-order valence-electron chi connectivity index (χ0n) is 10.2. The SMILES string of the molecule is C=CCNC(=O)c1cccc(C2=C=C=CC(F)=C2)c1. The molecule has 1 aromatic carbocycles. The molecule has 0 unspecified atom stereocenters. The molecule has 0 aliphatic heterocycles. The highest BCUT2D eigenvalue weighted by atomic mass is 19.1. The lowest BCUT2D eigenvalue weighted by molar-refractivity contribution is 0.0958. The van der Waals surface area contributed by atoms with Crippen LogP contribution in [0, 0.1) is 0 Å². The molecule has 0 saturated heterocycles. The van der Waals surface area contributed by atoms with Crippen LogP contribution in [0.1, 0.15) is 15.9 Å². The molecule has 2 nitrogen and oxygen atoms in total. The van der Waals surface area contributed by atoms with Crippen LogP contribution < -0.4 is 5.32 Å². The third-order valence-electron chi connectivity index (χ3n) is 2.54. The molecule has 0 spiro atoms. The zero-order valence-corrected chi connectivity index (χ0v) is 10.2. The lowest BCUT2D eigenvalue weighted by Gasteiger charge is -2.06. The van der Waals surface area contributed by atoms with E-state index in [0.29, 0.717) is 17.7 Å². The second-order valence-electron chi connectivity index (χ2n) is 3.94. The lowest BCUT2D eigenvalue weighted by atomic mass is 10.0. The highest BCUT2D eigenvalue weighted by Crippen LogP contribution is 2.20. The van der Waals surface area contributed by atoms with Crippen LogP contribution in [0.3, 0.4) is 0 Å². The second kappa shape index (κ2) is 5.83. The minimum absolute atomic E-state index is 0.192. The van der Waals surface area contributed by atoms with Crippen molar-refractivity contribution in [1.29, 1.82) is 0 Å². The molecule has 0 atom stereocenters. The average molecular weight is 253 g/mol. The van der Waals surface area contributed by atoms with Crippen molar-refractivity contribution in [3.8, 4) is 0 Å². The molecule has 94 valence electrons. The van der Waals surface area contributed by atoms with Crippen LogP contribution in [0.15, 0.2) is 66.4 Å². The van der Waals surface area contributed by atoms with E-state index < -0.39 is 0 Å². The van der Waals surface area contributed by atoms with Gasteiger partial charge in [-0.15, -0.1) is 6.58 Å². The first-order valence-corrected chi connectivity index (χ1v) is 5.79. The van der Waals surface area contributed by atoms with E-state index in [1.54, 1.807) is 30.3 Å². The summed E-state index contributed by atoms with van der Waals surface area (Å²) < 4.78 is 13.1. The van der Waals surface area contributed by atoms with Gasteiger partial charge >= 0.3 is 0 Å². The second-order valence-corrected chi connectivity index (χ2v) is 3.94. The van der Waals surface area contributed by atoms with Gasteiger partial charge in [0.2, 0.25) is 0 Å². The van der Waals surface area contributed by atoms with Gasteiger partial charge in [0.15, 0.2) is 0 Å². The Bertz CT molecular complexity index is 657. The Morgan fingerprint density at radius 3 is 3.05 bits per heavy atom. The van der Waals surface area contributed by atoms with E-state index in [0.717, 1.165) is 5.56 Å². The summed E-state index contributed by atoms with van der Waals surface area (Å²) in [6, 6.07) is 6.93. The van der Waals surface area contributed by atoms with Gasteiger partial charge in [-0.1, -0.05) is 29.7 Å². The Hall–Kier alpha value is -2.60. The van der Waals surface area contributed by atoms with Crippen molar-refractivity contribution < 1.29 is 9.18 Å². The summed E-state index contributed by atoms with van der Waals surface area (Å²) in [6.07, 6.45) is 4.18. The van der Waals surface area contributed by atoms with Crippen molar-refractivity contribution in [1.82, 2.24) is 5.32 Å². The summed E-state index contributed by atoms with van der Waals surface area (Å²) in [5, 5.41) is 2.69. The van der Waals surface area contributed by atoms with Crippen molar-refractivity contribution in [3.05, 3.63) is 77.5 Å². The molecule has 0 fully saturated rings. The first-order valence-electron chi connectivity index (χ1n) is 5.79. The third kappa shape index (κ3) is 3.20. The summed E-state index contributed by atoms with van der Waals surface area (Å²) in [5.74, 6) is -0.572. The fourth-order valence-electron chi connectivity index (χ4n) is 1.65. The quantitative estimate of drug-likeness (QED) is 0.648. The van der Waals surface area contributed by atoms with Crippen LogP contribution in [0.5, 0.6) is 0 Å². The molecule has 0 aromatic heterocycles. The fraction of sp³-hybridized carbons (Fsp3) is 0.0625. The Labute approximate surface area is 111 Å². The summed E-state index contributed by atoms with van der Waals surface area (Å²) >= 11 is 0. The van der Waals surface area contributed by atoms with Crippen LogP contribution in [0.4, 0.5) is 4.39 Å². The van der Waals surface area contributed by atoms with E-state index in [-0.39, 0.29) is 11.7 Å². The number of rotatable bonds is 4. The molecule has 0 bridgehead atoms. The average Bonchev–Trinajstić information content (AvgIpc) is 2.45.